The maximum Gasteiger partial charge on any atom is 0.276 e. The molecule has 0 fully saturated rings. The van der Waals surface area contributed by atoms with E-state index in [0.717, 1.165) is 40.5 Å². The van der Waals surface area contributed by atoms with Crippen molar-refractivity contribution >= 4 is 34.6 Å². The van der Waals surface area contributed by atoms with Crippen molar-refractivity contribution in [1.29, 1.82) is 0 Å². The summed E-state index contributed by atoms with van der Waals surface area (Å²) in [5, 5.41) is 11.6. The molecular formula is C21H22N4O2S. The van der Waals surface area contributed by atoms with Crippen LogP contribution in [0.15, 0.2) is 62.7 Å². The third-order valence-corrected chi connectivity index (χ3v) is 5.52. The van der Waals surface area contributed by atoms with Crippen molar-refractivity contribution in [1.82, 2.24) is 10.3 Å². The zero-order chi connectivity index (χ0) is 19.5. The molecule has 2 aliphatic heterocycles. The highest BCUT2D eigenvalue weighted by Crippen LogP contribution is 2.25. The molecule has 4 rings (SSSR count). The SMILES string of the molecule is CCCCSC1=NN2C(=c3ccccc3=N[C@@H]2/C(C)=C/c2ccco2)C(=O)N1. The molecule has 0 spiro atoms. The van der Waals surface area contributed by atoms with Crippen LogP contribution in [0, 0.1) is 0 Å². The van der Waals surface area contributed by atoms with Crippen LogP contribution in [0.25, 0.3) is 11.8 Å². The first-order valence-corrected chi connectivity index (χ1v) is 10.4. The normalized spacial score (nSPS) is 18.8. The Balaban J connectivity index is 1.79. The minimum absolute atomic E-state index is 0.146. The average Bonchev–Trinajstić information content (AvgIpc) is 3.20. The molecule has 1 aromatic heterocycles. The van der Waals surface area contributed by atoms with Gasteiger partial charge in [-0.2, -0.15) is 0 Å². The first-order chi connectivity index (χ1) is 13.7. The quantitative estimate of drug-likeness (QED) is 0.792. The summed E-state index contributed by atoms with van der Waals surface area (Å²) in [5.41, 5.74) is 1.47. The summed E-state index contributed by atoms with van der Waals surface area (Å²) in [6.07, 6.45) is 5.35. The second-order valence-corrected chi connectivity index (χ2v) is 7.76. The van der Waals surface area contributed by atoms with Gasteiger partial charge >= 0.3 is 0 Å². The van der Waals surface area contributed by atoms with Crippen LogP contribution < -0.4 is 15.9 Å². The van der Waals surface area contributed by atoms with Gasteiger partial charge in [0.1, 0.15) is 11.5 Å². The van der Waals surface area contributed by atoms with Crippen LogP contribution in [0.2, 0.25) is 0 Å². The minimum Gasteiger partial charge on any atom is -0.465 e. The van der Waals surface area contributed by atoms with E-state index in [9.17, 15) is 4.79 Å². The van der Waals surface area contributed by atoms with E-state index in [0.29, 0.717) is 10.9 Å². The largest absolute Gasteiger partial charge is 0.465 e. The maximum absolute atomic E-state index is 13.0. The number of para-hydroxylation sites is 1. The molecule has 3 heterocycles. The van der Waals surface area contributed by atoms with Crippen LogP contribution in [0.1, 0.15) is 32.4 Å². The summed E-state index contributed by atoms with van der Waals surface area (Å²) >= 11 is 1.57. The molecule has 1 N–H and O–H groups in total. The van der Waals surface area contributed by atoms with E-state index in [-0.39, 0.29) is 5.91 Å². The van der Waals surface area contributed by atoms with Crippen molar-refractivity contribution in [2.75, 3.05) is 5.75 Å². The van der Waals surface area contributed by atoms with Gasteiger partial charge in [0.05, 0.1) is 11.6 Å². The number of nitrogens with one attached hydrogen (secondary N) is 1. The van der Waals surface area contributed by atoms with E-state index >= 15 is 0 Å². The summed E-state index contributed by atoms with van der Waals surface area (Å²) in [6, 6.07) is 11.4. The lowest BCUT2D eigenvalue weighted by Crippen LogP contribution is -2.52. The molecule has 1 amide bonds. The van der Waals surface area contributed by atoms with Crippen LogP contribution in [-0.2, 0) is 4.79 Å². The predicted octanol–water partition coefficient (Wildman–Crippen LogP) is 2.69. The van der Waals surface area contributed by atoms with E-state index < -0.39 is 6.17 Å². The molecule has 6 nitrogen and oxygen atoms in total. The average molecular weight is 395 g/mol. The van der Waals surface area contributed by atoms with Crippen molar-refractivity contribution in [3.05, 3.63) is 64.6 Å². The minimum atomic E-state index is -0.400. The van der Waals surface area contributed by atoms with Gasteiger partial charge in [0.2, 0.25) is 0 Å². The van der Waals surface area contributed by atoms with Crippen LogP contribution >= 0.6 is 11.8 Å². The van der Waals surface area contributed by atoms with Crippen LogP contribution in [-0.4, -0.2) is 28.0 Å². The van der Waals surface area contributed by atoms with Gasteiger partial charge in [-0.15, -0.1) is 5.10 Å². The summed E-state index contributed by atoms with van der Waals surface area (Å²) in [7, 11) is 0. The molecule has 0 bridgehead atoms. The number of carbonyl (C=O) groups excluding carboxylic acids is 1. The molecule has 144 valence electrons. The third-order valence-electron chi connectivity index (χ3n) is 4.57. The molecule has 1 aromatic carbocycles. The van der Waals surface area contributed by atoms with Gasteiger partial charge in [-0.3, -0.25) is 15.1 Å². The lowest BCUT2D eigenvalue weighted by molar-refractivity contribution is -0.116. The first kappa shape index (κ1) is 18.6. The number of nitrogens with zero attached hydrogens (tertiary/aromatic N) is 3. The number of thioether (sulfide) groups is 1. The van der Waals surface area contributed by atoms with Crippen molar-refractivity contribution in [2.45, 2.75) is 32.9 Å². The fourth-order valence-corrected chi connectivity index (χ4v) is 4.11. The van der Waals surface area contributed by atoms with E-state index in [1.54, 1.807) is 23.0 Å². The molecule has 0 aliphatic carbocycles. The topological polar surface area (TPSA) is 70.2 Å². The summed E-state index contributed by atoms with van der Waals surface area (Å²) in [4.78, 5) is 17.8. The van der Waals surface area contributed by atoms with Crippen molar-refractivity contribution < 1.29 is 9.21 Å². The van der Waals surface area contributed by atoms with Gasteiger partial charge in [0, 0.05) is 11.0 Å². The van der Waals surface area contributed by atoms with Gasteiger partial charge < -0.3 is 4.42 Å². The van der Waals surface area contributed by atoms with Crippen molar-refractivity contribution in [2.24, 2.45) is 10.1 Å². The third kappa shape index (κ3) is 3.62. The Bertz CT molecular complexity index is 1060. The highest BCUT2D eigenvalue weighted by molar-refractivity contribution is 8.13. The highest BCUT2D eigenvalue weighted by Gasteiger charge is 2.34. The molecule has 1 atom stereocenters. The Morgan fingerprint density at radius 1 is 1.32 bits per heavy atom. The Kier molecular flexibility index (Phi) is 5.34. The highest BCUT2D eigenvalue weighted by atomic mass is 32.2. The number of hydrazone groups is 1. The van der Waals surface area contributed by atoms with Gasteiger partial charge in [-0.05, 0) is 43.2 Å². The Labute approximate surface area is 167 Å². The number of amidine groups is 1. The van der Waals surface area contributed by atoms with E-state index in [1.165, 1.54) is 0 Å². The zero-order valence-corrected chi connectivity index (χ0v) is 16.7. The second-order valence-electron chi connectivity index (χ2n) is 6.68. The lowest BCUT2D eigenvalue weighted by Gasteiger charge is -2.34. The van der Waals surface area contributed by atoms with E-state index in [1.807, 2.05) is 49.4 Å². The van der Waals surface area contributed by atoms with Crippen LogP contribution in [0.3, 0.4) is 0 Å². The number of hydrogen-bond acceptors (Lipinski definition) is 6. The number of hydrogen-bond donors (Lipinski definition) is 1. The fourth-order valence-electron chi connectivity index (χ4n) is 3.17. The molecule has 0 unspecified atom stereocenters. The number of rotatable bonds is 5. The summed E-state index contributed by atoms with van der Waals surface area (Å²) in [6.45, 7) is 4.13. The van der Waals surface area contributed by atoms with Crippen LogP contribution in [0.4, 0.5) is 0 Å². The predicted molar refractivity (Wildman–Crippen MR) is 112 cm³/mol. The fraction of sp³-hybridized carbons (Fsp3) is 0.286. The zero-order valence-electron chi connectivity index (χ0n) is 15.9. The van der Waals surface area contributed by atoms with Gasteiger partial charge in [0.25, 0.3) is 5.91 Å². The van der Waals surface area contributed by atoms with Gasteiger partial charge in [0.15, 0.2) is 11.3 Å². The van der Waals surface area contributed by atoms with Gasteiger partial charge in [-0.25, -0.2) is 5.01 Å². The number of amides is 1. The molecule has 28 heavy (non-hydrogen) atoms. The van der Waals surface area contributed by atoms with E-state index in [2.05, 4.69) is 12.2 Å². The Morgan fingerprint density at radius 2 is 2.18 bits per heavy atom. The van der Waals surface area contributed by atoms with Crippen LogP contribution in [0.5, 0.6) is 0 Å². The van der Waals surface area contributed by atoms with Crippen molar-refractivity contribution in [3.8, 4) is 0 Å². The lowest BCUT2D eigenvalue weighted by atomic mass is 10.1. The maximum atomic E-state index is 13.0. The molecule has 0 radical (unpaired) electrons. The molecule has 0 saturated heterocycles. The standard InChI is InChI=1S/C21H22N4O2S/c1-3-4-12-28-21-23-20(26)18-16-9-5-6-10-17(16)22-19(25(18)24-21)14(2)13-15-8-7-11-27-15/h5-11,13,19H,3-4,12H2,1-2H3,(H,23,24,26)/b14-13+/t19-/m0/s1. The van der Waals surface area contributed by atoms with E-state index in [4.69, 9.17) is 14.5 Å². The number of furan rings is 1. The second kappa shape index (κ2) is 8.06. The summed E-state index contributed by atoms with van der Waals surface area (Å²) in [5.74, 6) is 1.52. The molecule has 0 saturated carbocycles. The number of carbonyl (C=O) groups is 1. The summed E-state index contributed by atoms with van der Waals surface area (Å²) < 4.78 is 5.45. The number of unbranched alkanes of at least 4 members (excludes halogenated alkanes) is 1. The number of fused-ring (bicyclic) bond motifs is 2. The monoisotopic (exact) mass is 394 g/mol. The molecular weight excluding hydrogens is 372 g/mol. The molecule has 2 aliphatic rings. The first-order valence-electron chi connectivity index (χ1n) is 9.38. The Morgan fingerprint density at radius 3 is 2.96 bits per heavy atom. The Hall–Kier alpha value is -2.80. The smallest absolute Gasteiger partial charge is 0.276 e. The van der Waals surface area contributed by atoms with Crippen molar-refractivity contribution in [3.63, 3.8) is 0 Å². The molecule has 2 aromatic rings. The molecule has 7 heteroatoms. The van der Waals surface area contributed by atoms with Gasteiger partial charge in [-0.1, -0.05) is 43.3 Å². The number of benzene rings is 1.